The van der Waals surface area contributed by atoms with Gasteiger partial charge in [0.2, 0.25) is 0 Å². The normalized spacial score (nSPS) is 11.2. The van der Waals surface area contributed by atoms with Crippen molar-refractivity contribution in [3.63, 3.8) is 0 Å². The van der Waals surface area contributed by atoms with Gasteiger partial charge in [-0.2, -0.15) is 0 Å². The lowest BCUT2D eigenvalue weighted by Crippen LogP contribution is -2.09. The van der Waals surface area contributed by atoms with E-state index in [9.17, 15) is 0 Å². The Labute approximate surface area is 874 Å². The molecule has 150 heavy (non-hydrogen) atoms. The molecule has 1 N–H and O–H groups in total. The fourth-order valence-corrected chi connectivity index (χ4v) is 21.3. The lowest BCUT2D eigenvalue weighted by molar-refractivity contribution is 1.18. The number of hydrogen-bond donors (Lipinski definition) is 1. The molecule has 0 unspecified atom stereocenters. The van der Waals surface area contributed by atoms with E-state index in [4.69, 9.17) is 0 Å². The van der Waals surface area contributed by atoms with Crippen LogP contribution in [0.5, 0.6) is 0 Å². The van der Waals surface area contributed by atoms with Crippen LogP contribution in [0.4, 0.5) is 51.2 Å². The van der Waals surface area contributed by atoms with Crippen molar-refractivity contribution in [2.24, 2.45) is 0 Å². The van der Waals surface area contributed by atoms with E-state index in [1.54, 1.807) is 0 Å². The molecule has 27 rings (SSSR count). The third-order valence-corrected chi connectivity index (χ3v) is 28.8. The van der Waals surface area contributed by atoms with Crippen molar-refractivity contribution in [1.82, 2.24) is 14.1 Å². The molecule has 0 aliphatic carbocycles. The van der Waals surface area contributed by atoms with Gasteiger partial charge in [0.15, 0.2) is 0 Å². The molecule has 0 bridgehead atoms. The van der Waals surface area contributed by atoms with Crippen molar-refractivity contribution in [1.29, 1.82) is 0 Å². The molecule has 0 atom stereocenters. The van der Waals surface area contributed by atoms with Crippen LogP contribution in [0.3, 0.4) is 0 Å². The first kappa shape index (κ1) is 91.3. The lowest BCUT2D eigenvalue weighted by Gasteiger charge is -2.26. The van der Waals surface area contributed by atoms with Crippen LogP contribution in [0.15, 0.2) is 613 Å². The van der Waals surface area contributed by atoms with Crippen LogP contribution in [0, 0.1) is 0 Å². The van der Waals surface area contributed by atoms with E-state index in [1.165, 1.54) is 188 Å². The van der Waals surface area contributed by atoms with E-state index in [-0.39, 0.29) is 0 Å². The topological polar surface area (TPSA) is 35.4 Å². The summed E-state index contributed by atoms with van der Waals surface area (Å²) in [6, 6.07) is 220. The summed E-state index contributed by atoms with van der Waals surface area (Å²) in [4.78, 5) is 10.5. The summed E-state index contributed by atoms with van der Waals surface area (Å²) < 4.78 is 4.73. The highest BCUT2D eigenvalue weighted by Gasteiger charge is 2.22. The lowest BCUT2D eigenvalue weighted by atomic mass is 9.97. The van der Waals surface area contributed by atoms with Gasteiger partial charge < -0.3 is 28.8 Å². The van der Waals surface area contributed by atoms with Gasteiger partial charge in [-0.3, -0.25) is 0 Å². The summed E-state index contributed by atoms with van der Waals surface area (Å²) in [6.45, 7) is 0. The van der Waals surface area contributed by atoms with Gasteiger partial charge in [0.1, 0.15) is 0 Å². The zero-order chi connectivity index (χ0) is 99.8. The molecular formula is C144H102N6. The zero-order valence-electron chi connectivity index (χ0n) is 82.5. The SMILES string of the molecule is c1ccc(-c2ccc(N(c3ccccc3)c3ccc(-c4ccc(-c5ccc(-c6ccc7c(c6)c6ccccc6n7-c6ccccc6)cc5)cc4)cc3)cc2)cc1.c1ccc(-c2ccc(N(c3ccccc3)c3ccc(-c4ccc(-c5ccc6[nH]c7ccccc7c6c5)cc4)cc3)cc2)cc1.c1ccc(-c2ccc(N(c3ccccc3)c3cccc(-c4cccc(-c5ccc6c(c5)c5ccccc5n6-c5ccccc5)c4)c3)cc2)cc1. The van der Waals surface area contributed by atoms with Crippen molar-refractivity contribution >= 4 is 117 Å². The Bertz CT molecular complexity index is 9370. The average molecular weight is 1920 g/mol. The minimum absolute atomic E-state index is 1.11. The summed E-state index contributed by atoms with van der Waals surface area (Å²) in [5.41, 5.74) is 43.7. The Hall–Kier alpha value is -19.9. The minimum Gasteiger partial charge on any atom is -0.355 e. The quantitative estimate of drug-likeness (QED) is 0.0779. The summed E-state index contributed by atoms with van der Waals surface area (Å²) >= 11 is 0. The number of aromatic nitrogens is 3. The maximum atomic E-state index is 3.53. The first-order valence-corrected chi connectivity index (χ1v) is 51.3. The fourth-order valence-electron chi connectivity index (χ4n) is 21.3. The summed E-state index contributed by atoms with van der Waals surface area (Å²) in [7, 11) is 0. The Morgan fingerprint density at radius 2 is 0.313 bits per heavy atom. The molecule has 3 heterocycles. The molecular weight excluding hydrogens is 1810 g/mol. The molecule has 0 aliphatic rings. The highest BCUT2D eigenvalue weighted by atomic mass is 15.2. The van der Waals surface area contributed by atoms with E-state index in [0.29, 0.717) is 0 Å². The Morgan fingerprint density at radius 1 is 0.113 bits per heavy atom. The van der Waals surface area contributed by atoms with E-state index >= 15 is 0 Å². The molecule has 24 aromatic carbocycles. The summed E-state index contributed by atoms with van der Waals surface area (Å²) in [5, 5.41) is 7.57. The number of para-hydroxylation sites is 8. The fraction of sp³-hybridized carbons (Fsp3) is 0. The molecule has 0 aliphatic heterocycles. The van der Waals surface area contributed by atoms with Crippen LogP contribution in [0.25, 0.3) is 188 Å². The molecule has 6 heteroatoms. The van der Waals surface area contributed by atoms with Crippen LogP contribution < -0.4 is 14.7 Å². The van der Waals surface area contributed by atoms with Gasteiger partial charge in [0.25, 0.3) is 0 Å². The molecule has 0 amide bonds. The highest BCUT2D eigenvalue weighted by molar-refractivity contribution is 6.13. The number of hydrogen-bond acceptors (Lipinski definition) is 3. The van der Waals surface area contributed by atoms with Gasteiger partial charge >= 0.3 is 0 Å². The number of aromatic amines is 1. The third-order valence-electron chi connectivity index (χ3n) is 28.8. The van der Waals surface area contributed by atoms with Crippen LogP contribution in [-0.2, 0) is 0 Å². The Balaban J connectivity index is 0.000000117. The van der Waals surface area contributed by atoms with Gasteiger partial charge in [0, 0.05) is 106 Å². The van der Waals surface area contributed by atoms with Crippen molar-refractivity contribution in [2.45, 2.75) is 0 Å². The largest absolute Gasteiger partial charge is 0.355 e. The number of nitrogens with one attached hydrogen (secondary N) is 1. The van der Waals surface area contributed by atoms with Gasteiger partial charge in [-0.25, -0.2) is 0 Å². The number of rotatable bonds is 21. The Morgan fingerprint density at radius 3 is 0.660 bits per heavy atom. The first-order chi connectivity index (χ1) is 74.4. The van der Waals surface area contributed by atoms with Gasteiger partial charge in [-0.1, -0.05) is 419 Å². The van der Waals surface area contributed by atoms with E-state index in [1.807, 2.05) is 0 Å². The molecule has 708 valence electrons. The summed E-state index contributed by atoms with van der Waals surface area (Å²) in [5.74, 6) is 0. The van der Waals surface area contributed by atoms with Crippen LogP contribution >= 0.6 is 0 Å². The standard InChI is InChI=1S/C54H38N2.C48H34N2.C42H30N2/c1-4-12-39(13-5-1)43-28-33-49(34-29-43)55(47-14-6-2-7-15-47)50-35-30-44(31-36-50)42-22-20-40(21-23-42)41-24-26-45(27-25-41)46-32-37-54-52(38-46)51-18-10-11-19-53(51)56(54)48-16-8-3-9-17-48;1-4-14-35(15-5-1)36-26-29-43(30-27-36)49(41-19-6-2-7-20-41)44-23-13-18-39(33-44)37-16-12-17-38(32-37)40-28-31-48-46(34-40)45-24-10-11-25-47(45)50(48)42-21-8-3-9-22-42;1-3-9-30(10-4-1)32-19-24-37(25-20-32)44(36-11-5-2-6-12-36)38-26-21-33(22-27-38)31-15-17-34(18-16-31)35-23-28-42-40(29-35)39-13-7-8-14-41(39)43-42/h1-38H;1-34H;1-29,43H. The maximum absolute atomic E-state index is 3.53. The van der Waals surface area contributed by atoms with Crippen molar-refractivity contribution in [3.8, 4) is 123 Å². The van der Waals surface area contributed by atoms with Crippen LogP contribution in [0.2, 0.25) is 0 Å². The second-order valence-corrected chi connectivity index (χ2v) is 38.0. The van der Waals surface area contributed by atoms with Crippen LogP contribution in [-0.4, -0.2) is 14.1 Å². The summed E-state index contributed by atoms with van der Waals surface area (Å²) in [6.07, 6.45) is 0. The Kier molecular flexibility index (Phi) is 25.2. The van der Waals surface area contributed by atoms with Crippen molar-refractivity contribution in [2.75, 3.05) is 14.7 Å². The van der Waals surface area contributed by atoms with Gasteiger partial charge in [0.05, 0.1) is 22.1 Å². The molecule has 0 saturated heterocycles. The molecule has 6 nitrogen and oxygen atoms in total. The number of anilines is 9. The molecule has 0 fully saturated rings. The second kappa shape index (κ2) is 41.4. The van der Waals surface area contributed by atoms with Crippen molar-refractivity contribution in [3.05, 3.63) is 613 Å². The van der Waals surface area contributed by atoms with E-state index < -0.39 is 0 Å². The molecule has 3 aromatic heterocycles. The average Bonchev–Trinajstić information content (AvgIpc) is 1.59. The number of nitrogens with zero attached hydrogens (tertiary/aromatic N) is 5. The van der Waals surface area contributed by atoms with Gasteiger partial charge in [-0.05, 0) is 305 Å². The monoisotopic (exact) mass is 1910 g/mol. The number of fused-ring (bicyclic) bond motifs is 9. The predicted molar refractivity (Wildman–Crippen MR) is 636 cm³/mol. The first-order valence-electron chi connectivity index (χ1n) is 51.3. The third kappa shape index (κ3) is 18.8. The second-order valence-electron chi connectivity index (χ2n) is 38.0. The smallest absolute Gasteiger partial charge is 0.0541 e. The molecule has 27 aromatic rings. The van der Waals surface area contributed by atoms with Crippen LogP contribution in [0.1, 0.15) is 0 Å². The van der Waals surface area contributed by atoms with E-state index in [0.717, 1.165) is 51.2 Å². The zero-order valence-corrected chi connectivity index (χ0v) is 82.5. The van der Waals surface area contributed by atoms with Gasteiger partial charge in [-0.15, -0.1) is 0 Å². The predicted octanol–water partition coefficient (Wildman–Crippen LogP) is 40.0. The molecule has 0 saturated carbocycles. The molecule has 0 radical (unpaired) electrons. The van der Waals surface area contributed by atoms with E-state index in [2.05, 4.69) is 642 Å². The van der Waals surface area contributed by atoms with Crippen molar-refractivity contribution < 1.29 is 0 Å². The molecule has 0 spiro atoms. The maximum Gasteiger partial charge on any atom is 0.0541 e. The minimum atomic E-state index is 1.11. The highest BCUT2D eigenvalue weighted by Crippen LogP contribution is 2.46. The number of H-pyrrole nitrogens is 1. The number of benzene rings is 24.